The van der Waals surface area contributed by atoms with E-state index in [1.165, 1.54) is 6.33 Å². The van der Waals surface area contributed by atoms with Gasteiger partial charge in [0.05, 0.1) is 31.7 Å². The number of anilines is 1. The summed E-state index contributed by atoms with van der Waals surface area (Å²) in [7, 11) is 0. The van der Waals surface area contributed by atoms with Crippen LogP contribution in [0, 0.1) is 0 Å². The topological polar surface area (TPSA) is 82.8 Å². The number of fused-ring (bicyclic) bond motifs is 1. The highest BCUT2D eigenvalue weighted by molar-refractivity contribution is 5.62. The zero-order valence-corrected chi connectivity index (χ0v) is 21.8. The summed E-state index contributed by atoms with van der Waals surface area (Å²) in [5.41, 5.74) is 4.08. The highest BCUT2D eigenvalue weighted by atomic mass is 19.1. The van der Waals surface area contributed by atoms with Crippen molar-refractivity contribution in [2.75, 3.05) is 11.9 Å². The number of nitrogens with one attached hydrogen (secondary N) is 1. The van der Waals surface area contributed by atoms with Crippen molar-refractivity contribution in [3.05, 3.63) is 126 Å². The highest BCUT2D eigenvalue weighted by Crippen LogP contribution is 2.38. The molecule has 1 saturated heterocycles. The van der Waals surface area contributed by atoms with Crippen LogP contribution >= 0.6 is 0 Å². The Morgan fingerprint density at radius 3 is 2.17 bits per heavy atom. The number of nitrogens with zero attached hydrogens (tertiary/aromatic N) is 4. The number of alkyl halides is 1. The van der Waals surface area contributed by atoms with E-state index in [1.807, 2.05) is 91.0 Å². The van der Waals surface area contributed by atoms with Crippen molar-refractivity contribution in [1.82, 2.24) is 19.6 Å². The molecule has 0 unspecified atom stereocenters. The fraction of sp³-hybridized carbons (Fsp3) is 0.258. The third-order valence-corrected chi connectivity index (χ3v) is 6.89. The lowest BCUT2D eigenvalue weighted by atomic mass is 10.1. The maximum absolute atomic E-state index is 16.1. The second kappa shape index (κ2) is 12.3. The summed E-state index contributed by atoms with van der Waals surface area (Å²) in [6.45, 7) is 1.41. The number of rotatable bonds is 11. The molecule has 3 heterocycles. The molecule has 1 fully saturated rings. The van der Waals surface area contributed by atoms with E-state index >= 15 is 4.39 Å². The third-order valence-electron chi connectivity index (χ3n) is 6.89. The minimum Gasteiger partial charge on any atom is -0.374 e. The first-order valence-electron chi connectivity index (χ1n) is 13.3. The van der Waals surface area contributed by atoms with Crippen LogP contribution in [0.15, 0.2) is 104 Å². The van der Waals surface area contributed by atoms with Gasteiger partial charge in [-0.25, -0.2) is 18.9 Å². The molecule has 2 aromatic heterocycles. The second-order valence-electron chi connectivity index (χ2n) is 9.67. The first-order valence-corrected chi connectivity index (χ1v) is 13.3. The lowest BCUT2D eigenvalue weighted by Gasteiger charge is -2.20. The van der Waals surface area contributed by atoms with Crippen LogP contribution in [0.2, 0.25) is 0 Å². The molecule has 4 atom stereocenters. The molecule has 40 heavy (non-hydrogen) atoms. The summed E-state index contributed by atoms with van der Waals surface area (Å²) in [5.74, 6) is 0.554. The summed E-state index contributed by atoms with van der Waals surface area (Å²) in [5, 5.41) is 7.67. The fourth-order valence-corrected chi connectivity index (χ4v) is 4.85. The Morgan fingerprint density at radius 2 is 1.48 bits per heavy atom. The maximum Gasteiger partial charge on any atom is 0.197 e. The molecule has 0 spiro atoms. The number of ether oxygens (including phenoxy) is 3. The summed E-state index contributed by atoms with van der Waals surface area (Å²) >= 11 is 0. The van der Waals surface area contributed by atoms with Crippen molar-refractivity contribution in [3.63, 3.8) is 0 Å². The van der Waals surface area contributed by atoms with E-state index in [9.17, 15) is 0 Å². The predicted molar refractivity (Wildman–Crippen MR) is 148 cm³/mol. The van der Waals surface area contributed by atoms with Gasteiger partial charge in [-0.3, -0.25) is 0 Å². The van der Waals surface area contributed by atoms with Crippen LogP contribution in [0.25, 0.3) is 5.65 Å². The smallest absolute Gasteiger partial charge is 0.197 e. The summed E-state index contributed by atoms with van der Waals surface area (Å²) < 4.78 is 36.0. The van der Waals surface area contributed by atoms with Gasteiger partial charge in [0.2, 0.25) is 0 Å². The van der Waals surface area contributed by atoms with E-state index in [1.54, 1.807) is 10.7 Å². The van der Waals surface area contributed by atoms with E-state index in [4.69, 9.17) is 14.2 Å². The van der Waals surface area contributed by atoms with Gasteiger partial charge < -0.3 is 19.5 Å². The number of imidazole rings is 1. The third kappa shape index (κ3) is 5.86. The molecule has 1 N–H and O–H groups in total. The van der Waals surface area contributed by atoms with Crippen LogP contribution in [-0.4, -0.2) is 44.6 Å². The largest absolute Gasteiger partial charge is 0.374 e. The Bertz CT molecular complexity index is 1500. The van der Waals surface area contributed by atoms with Crippen LogP contribution in [0.3, 0.4) is 0 Å². The minimum atomic E-state index is -1.45. The second-order valence-corrected chi connectivity index (χ2v) is 9.67. The fourth-order valence-electron chi connectivity index (χ4n) is 4.85. The van der Waals surface area contributed by atoms with Crippen LogP contribution < -0.4 is 5.32 Å². The quantitative estimate of drug-likeness (QED) is 0.243. The zero-order valence-electron chi connectivity index (χ0n) is 21.8. The average Bonchev–Trinajstić information content (AvgIpc) is 3.57. The van der Waals surface area contributed by atoms with E-state index < -0.39 is 24.5 Å². The first kappa shape index (κ1) is 26.1. The van der Waals surface area contributed by atoms with E-state index in [-0.39, 0.29) is 13.2 Å². The maximum atomic E-state index is 16.1. The van der Waals surface area contributed by atoms with Gasteiger partial charge in [0.25, 0.3) is 0 Å². The number of hydrogen-bond acceptors (Lipinski definition) is 7. The van der Waals surface area contributed by atoms with Crippen molar-refractivity contribution in [2.45, 2.75) is 44.2 Å². The molecule has 6 rings (SSSR count). The Kier molecular flexibility index (Phi) is 8.04. The van der Waals surface area contributed by atoms with Gasteiger partial charge in [-0.15, -0.1) is 0 Å². The lowest BCUT2D eigenvalue weighted by Crippen LogP contribution is -2.34. The number of hydrogen-bond donors (Lipinski definition) is 1. The molecule has 1 aliphatic rings. The number of benzene rings is 3. The van der Waals surface area contributed by atoms with Gasteiger partial charge in [0, 0.05) is 6.54 Å². The molecule has 9 heteroatoms. The Morgan fingerprint density at radius 1 is 0.825 bits per heavy atom. The summed E-state index contributed by atoms with van der Waals surface area (Å²) in [4.78, 5) is 8.87. The van der Waals surface area contributed by atoms with Crippen LogP contribution in [0.1, 0.15) is 28.5 Å². The molecule has 0 saturated carbocycles. The molecule has 0 aliphatic carbocycles. The number of halogens is 1. The monoisotopic (exact) mass is 539 g/mol. The van der Waals surface area contributed by atoms with Crippen LogP contribution in [-0.2, 0) is 34.0 Å². The molecule has 204 valence electrons. The first-order chi connectivity index (χ1) is 19.8. The van der Waals surface area contributed by atoms with Gasteiger partial charge in [-0.05, 0) is 16.7 Å². The van der Waals surface area contributed by atoms with E-state index in [0.717, 1.165) is 16.7 Å². The molecule has 0 amide bonds. The van der Waals surface area contributed by atoms with Gasteiger partial charge in [0.15, 0.2) is 17.6 Å². The van der Waals surface area contributed by atoms with Crippen LogP contribution in [0.5, 0.6) is 0 Å². The predicted octanol–water partition coefficient (Wildman–Crippen LogP) is 5.32. The van der Waals surface area contributed by atoms with Gasteiger partial charge in [-0.2, -0.15) is 5.10 Å². The summed E-state index contributed by atoms with van der Waals surface area (Å²) in [6.07, 6.45) is -0.810. The lowest BCUT2D eigenvalue weighted by molar-refractivity contribution is -0.0742. The normalized spacial score (nSPS) is 20.6. The minimum absolute atomic E-state index is 0.181. The standard InChI is InChI=1S/C31H30FN5O3/c32-27-28(25-17-34-31-30(35-21-36-37(25)31)33-16-22-10-4-1-5-11-22)40-26(20-38-18-23-12-6-2-7-13-23)29(27)39-19-24-14-8-3-9-15-24/h1-15,17,21,26-29H,16,18-20H2,(H,33,35,36)/t26-,27-,28+,29-/m1/s1. The molecule has 8 nitrogen and oxygen atoms in total. The van der Waals surface area contributed by atoms with Gasteiger partial charge in [0.1, 0.15) is 24.6 Å². The molecule has 3 aromatic carbocycles. The molecular formula is C31H30FN5O3. The molecule has 1 aliphatic heterocycles. The van der Waals surface area contributed by atoms with Crippen molar-refractivity contribution >= 4 is 11.5 Å². The van der Waals surface area contributed by atoms with Crippen molar-refractivity contribution in [2.24, 2.45) is 0 Å². The molecular weight excluding hydrogens is 509 g/mol. The van der Waals surface area contributed by atoms with Crippen molar-refractivity contribution < 1.29 is 18.6 Å². The van der Waals surface area contributed by atoms with Gasteiger partial charge in [-0.1, -0.05) is 91.0 Å². The van der Waals surface area contributed by atoms with E-state index in [2.05, 4.69) is 20.4 Å². The molecule has 5 aromatic rings. The highest BCUT2D eigenvalue weighted by Gasteiger charge is 2.48. The van der Waals surface area contributed by atoms with Gasteiger partial charge >= 0.3 is 0 Å². The summed E-state index contributed by atoms with van der Waals surface area (Å²) in [6, 6.07) is 29.5. The average molecular weight is 540 g/mol. The zero-order chi connectivity index (χ0) is 27.1. The van der Waals surface area contributed by atoms with Crippen molar-refractivity contribution in [1.29, 1.82) is 0 Å². The Labute approximate surface area is 231 Å². The molecule has 0 radical (unpaired) electrons. The Hall–Kier alpha value is -4.18. The Balaban J connectivity index is 1.20. The molecule has 0 bridgehead atoms. The van der Waals surface area contributed by atoms with Crippen LogP contribution in [0.4, 0.5) is 10.2 Å². The SMILES string of the molecule is F[C@H]1[C@H](OCc2ccccc2)[C@@H](COCc2ccccc2)O[C@H]1c1cnc2c(NCc3ccccc3)ncnn12. The van der Waals surface area contributed by atoms with E-state index in [0.29, 0.717) is 30.3 Å². The van der Waals surface area contributed by atoms with Crippen molar-refractivity contribution in [3.8, 4) is 0 Å². The number of aromatic nitrogens is 4.